The van der Waals surface area contributed by atoms with E-state index in [0.29, 0.717) is 11.3 Å². The zero-order valence-electron chi connectivity index (χ0n) is 13.4. The maximum Gasteiger partial charge on any atom is 0.253 e. The van der Waals surface area contributed by atoms with E-state index in [1.165, 1.54) is 6.42 Å². The second-order valence-corrected chi connectivity index (χ2v) is 6.03. The highest BCUT2D eigenvalue weighted by Gasteiger charge is 2.18. The minimum absolute atomic E-state index is 0.0849. The Morgan fingerprint density at radius 3 is 2.58 bits per heavy atom. The first kappa shape index (κ1) is 14.8. The molecule has 3 aromatic rings. The lowest BCUT2D eigenvalue weighted by Gasteiger charge is -2.26. The van der Waals surface area contributed by atoms with E-state index in [1.807, 2.05) is 41.3 Å². The number of rotatable bonds is 2. The van der Waals surface area contributed by atoms with Gasteiger partial charge in [0.2, 0.25) is 0 Å². The summed E-state index contributed by atoms with van der Waals surface area (Å²) in [6.07, 6.45) is 6.83. The van der Waals surface area contributed by atoms with Gasteiger partial charge in [0.1, 0.15) is 5.69 Å². The highest BCUT2D eigenvalue weighted by Crippen LogP contribution is 2.20. The molecule has 5 heteroatoms. The van der Waals surface area contributed by atoms with Crippen LogP contribution in [0.1, 0.15) is 29.6 Å². The lowest BCUT2D eigenvalue weighted by atomic mass is 10.1. The number of benzene rings is 1. The molecule has 1 aromatic carbocycles. The molecule has 5 nitrogen and oxygen atoms in total. The van der Waals surface area contributed by atoms with Crippen molar-refractivity contribution in [2.75, 3.05) is 13.1 Å². The van der Waals surface area contributed by atoms with Gasteiger partial charge in [0.15, 0.2) is 0 Å². The van der Waals surface area contributed by atoms with Gasteiger partial charge >= 0.3 is 0 Å². The molecule has 0 saturated carbocycles. The van der Waals surface area contributed by atoms with E-state index in [0.717, 1.165) is 42.7 Å². The Labute approximate surface area is 140 Å². The van der Waals surface area contributed by atoms with E-state index < -0.39 is 0 Å². The van der Waals surface area contributed by atoms with Crippen molar-refractivity contribution in [2.45, 2.75) is 19.3 Å². The van der Waals surface area contributed by atoms with Crippen molar-refractivity contribution in [3.8, 4) is 11.4 Å². The van der Waals surface area contributed by atoms with Crippen molar-refractivity contribution in [1.82, 2.24) is 19.9 Å². The Balaban J connectivity index is 1.70. The Morgan fingerprint density at radius 2 is 1.79 bits per heavy atom. The van der Waals surface area contributed by atoms with Crippen molar-refractivity contribution in [1.29, 1.82) is 0 Å². The first-order valence-corrected chi connectivity index (χ1v) is 8.29. The number of aromatic nitrogens is 3. The highest BCUT2D eigenvalue weighted by molar-refractivity contribution is 5.97. The third kappa shape index (κ3) is 2.85. The van der Waals surface area contributed by atoms with E-state index in [1.54, 1.807) is 12.4 Å². The average Bonchev–Trinajstić information content (AvgIpc) is 2.68. The van der Waals surface area contributed by atoms with Gasteiger partial charge < -0.3 is 4.90 Å². The van der Waals surface area contributed by atoms with Crippen molar-refractivity contribution in [3.05, 3.63) is 54.4 Å². The molecular formula is C19H18N4O. The minimum Gasteiger partial charge on any atom is -0.339 e. The molecule has 0 unspecified atom stereocenters. The first-order valence-electron chi connectivity index (χ1n) is 8.29. The molecule has 0 spiro atoms. The Kier molecular flexibility index (Phi) is 3.91. The molecule has 2 aromatic heterocycles. The first-order chi connectivity index (χ1) is 11.8. The number of likely N-dealkylation sites (tertiary alicyclic amines) is 1. The number of fused-ring (bicyclic) bond motifs is 1. The molecule has 0 aliphatic carbocycles. The van der Waals surface area contributed by atoms with Crippen LogP contribution in [0.5, 0.6) is 0 Å². The summed E-state index contributed by atoms with van der Waals surface area (Å²) in [5, 5.41) is 0. The predicted molar refractivity (Wildman–Crippen MR) is 92.5 cm³/mol. The summed E-state index contributed by atoms with van der Waals surface area (Å²) in [5.74, 6) is 0.0849. The molecule has 0 radical (unpaired) electrons. The van der Waals surface area contributed by atoms with Crippen LogP contribution in [0, 0.1) is 0 Å². The van der Waals surface area contributed by atoms with Gasteiger partial charge in [0, 0.05) is 24.8 Å². The Bertz CT molecular complexity index is 873. The third-order valence-electron chi connectivity index (χ3n) is 4.36. The molecule has 1 fully saturated rings. The summed E-state index contributed by atoms with van der Waals surface area (Å²) in [7, 11) is 0. The van der Waals surface area contributed by atoms with Crippen LogP contribution in [0.3, 0.4) is 0 Å². The third-order valence-corrected chi connectivity index (χ3v) is 4.36. The molecule has 4 rings (SSSR count). The highest BCUT2D eigenvalue weighted by atomic mass is 16.2. The normalized spacial score (nSPS) is 14.8. The van der Waals surface area contributed by atoms with Gasteiger partial charge in [-0.05, 0) is 49.6 Å². The number of hydrogen-bond donors (Lipinski definition) is 0. The van der Waals surface area contributed by atoms with Crippen LogP contribution < -0.4 is 0 Å². The molecule has 0 bridgehead atoms. The number of amides is 1. The molecular weight excluding hydrogens is 300 g/mol. The smallest absolute Gasteiger partial charge is 0.253 e. The maximum absolute atomic E-state index is 12.7. The molecule has 1 amide bonds. The number of pyridine rings is 1. The predicted octanol–water partition coefficient (Wildman–Crippen LogP) is 3.32. The molecule has 1 saturated heterocycles. The molecule has 0 atom stereocenters. The maximum atomic E-state index is 12.7. The van der Waals surface area contributed by atoms with Crippen molar-refractivity contribution in [3.63, 3.8) is 0 Å². The molecule has 24 heavy (non-hydrogen) atoms. The lowest BCUT2D eigenvalue weighted by molar-refractivity contribution is 0.0724. The largest absolute Gasteiger partial charge is 0.339 e. The van der Waals surface area contributed by atoms with E-state index in [9.17, 15) is 4.79 Å². The molecule has 0 N–H and O–H groups in total. The fourth-order valence-electron chi connectivity index (χ4n) is 3.06. The van der Waals surface area contributed by atoms with Gasteiger partial charge in [-0.2, -0.15) is 0 Å². The quantitative estimate of drug-likeness (QED) is 0.727. The van der Waals surface area contributed by atoms with Crippen LogP contribution in [0.2, 0.25) is 0 Å². The number of hydrogen-bond acceptors (Lipinski definition) is 4. The van der Waals surface area contributed by atoms with Gasteiger partial charge in [0.25, 0.3) is 5.91 Å². The lowest BCUT2D eigenvalue weighted by Crippen LogP contribution is -2.35. The number of carbonyl (C=O) groups is 1. The Hall–Kier alpha value is -2.82. The summed E-state index contributed by atoms with van der Waals surface area (Å²) >= 11 is 0. The number of carbonyl (C=O) groups excluding carboxylic acids is 1. The molecule has 120 valence electrons. The SMILES string of the molecule is O=C(c1ccc2ncc(-c3ccccn3)nc2c1)N1CCCCC1. The summed E-state index contributed by atoms with van der Waals surface area (Å²) in [5.41, 5.74) is 3.67. The summed E-state index contributed by atoms with van der Waals surface area (Å²) < 4.78 is 0. The zero-order chi connectivity index (χ0) is 16.4. The fraction of sp³-hybridized carbons (Fsp3) is 0.263. The van der Waals surface area contributed by atoms with Crippen LogP contribution in [-0.2, 0) is 0 Å². The average molecular weight is 318 g/mol. The summed E-state index contributed by atoms with van der Waals surface area (Å²) in [6, 6.07) is 11.2. The second kappa shape index (κ2) is 6.35. The second-order valence-electron chi connectivity index (χ2n) is 6.03. The molecule has 1 aliphatic heterocycles. The van der Waals surface area contributed by atoms with Crippen molar-refractivity contribution >= 4 is 16.9 Å². The van der Waals surface area contributed by atoms with E-state index in [-0.39, 0.29) is 5.91 Å². The monoisotopic (exact) mass is 318 g/mol. The standard InChI is InChI=1S/C19H18N4O/c24-19(23-10-4-1-5-11-23)14-7-8-16-17(12-14)22-18(13-21-16)15-6-2-3-9-20-15/h2-3,6-9,12-13H,1,4-5,10-11H2. The van der Waals surface area contributed by atoms with Crippen LogP contribution in [-0.4, -0.2) is 38.8 Å². The van der Waals surface area contributed by atoms with Gasteiger partial charge in [-0.25, -0.2) is 4.98 Å². The van der Waals surface area contributed by atoms with Crippen LogP contribution in [0.4, 0.5) is 0 Å². The fourth-order valence-corrected chi connectivity index (χ4v) is 3.06. The van der Waals surface area contributed by atoms with E-state index in [2.05, 4.69) is 15.0 Å². The van der Waals surface area contributed by atoms with Gasteiger partial charge in [0.05, 0.1) is 22.9 Å². The zero-order valence-corrected chi connectivity index (χ0v) is 13.4. The van der Waals surface area contributed by atoms with Crippen molar-refractivity contribution < 1.29 is 4.79 Å². The molecule has 3 heterocycles. The summed E-state index contributed by atoms with van der Waals surface area (Å²) in [4.78, 5) is 28.0. The number of nitrogens with zero attached hydrogens (tertiary/aromatic N) is 4. The van der Waals surface area contributed by atoms with E-state index in [4.69, 9.17) is 0 Å². The topological polar surface area (TPSA) is 59.0 Å². The number of piperidine rings is 1. The van der Waals surface area contributed by atoms with Crippen LogP contribution in [0.15, 0.2) is 48.8 Å². The van der Waals surface area contributed by atoms with Crippen LogP contribution >= 0.6 is 0 Å². The van der Waals surface area contributed by atoms with Crippen LogP contribution in [0.25, 0.3) is 22.4 Å². The van der Waals surface area contributed by atoms with E-state index >= 15 is 0 Å². The van der Waals surface area contributed by atoms with Gasteiger partial charge in [-0.1, -0.05) is 6.07 Å². The van der Waals surface area contributed by atoms with Gasteiger partial charge in [-0.15, -0.1) is 0 Å². The molecule has 1 aliphatic rings. The minimum atomic E-state index is 0.0849. The Morgan fingerprint density at radius 1 is 0.917 bits per heavy atom. The summed E-state index contributed by atoms with van der Waals surface area (Å²) in [6.45, 7) is 1.69. The van der Waals surface area contributed by atoms with Gasteiger partial charge in [-0.3, -0.25) is 14.8 Å². The van der Waals surface area contributed by atoms with Crippen molar-refractivity contribution in [2.24, 2.45) is 0 Å².